The normalized spacial score (nSPS) is 10.8. The van der Waals surface area contributed by atoms with Crippen molar-refractivity contribution in [1.82, 2.24) is 4.72 Å². The molecule has 0 spiro atoms. The van der Waals surface area contributed by atoms with Gasteiger partial charge in [-0.05, 0) is 43.7 Å². The number of carbonyl (C=O) groups is 1. The molecule has 1 rings (SSSR count). The molecule has 0 radical (unpaired) electrons. The zero-order chi connectivity index (χ0) is 13.9. The van der Waals surface area contributed by atoms with Gasteiger partial charge in [-0.3, -0.25) is 4.72 Å². The maximum absolute atomic E-state index is 12.7. The number of allylic oxidation sites excluding steroid dienone is 1. The van der Waals surface area contributed by atoms with Crippen LogP contribution in [-0.2, 0) is 14.8 Å². The second-order valence-electron chi connectivity index (χ2n) is 3.74. The number of hydrogen-bond donors (Lipinski definition) is 2. The van der Waals surface area contributed by atoms with Gasteiger partial charge in [0.2, 0.25) is 0 Å². The van der Waals surface area contributed by atoms with Crippen molar-refractivity contribution < 1.29 is 22.7 Å². The summed E-state index contributed by atoms with van der Waals surface area (Å²) in [6.07, 6.45) is 0. The monoisotopic (exact) mass is 273 g/mol. The number of benzene rings is 1. The van der Waals surface area contributed by atoms with E-state index in [4.69, 9.17) is 5.11 Å². The molecule has 0 aliphatic heterocycles. The highest BCUT2D eigenvalue weighted by Crippen LogP contribution is 2.12. The zero-order valence-electron chi connectivity index (χ0n) is 9.77. The van der Waals surface area contributed by atoms with Crippen LogP contribution in [-0.4, -0.2) is 19.5 Å². The topological polar surface area (TPSA) is 83.5 Å². The van der Waals surface area contributed by atoms with E-state index in [0.717, 1.165) is 24.3 Å². The largest absolute Gasteiger partial charge is 0.477 e. The van der Waals surface area contributed by atoms with Crippen molar-refractivity contribution in [1.29, 1.82) is 0 Å². The van der Waals surface area contributed by atoms with E-state index in [-0.39, 0.29) is 4.90 Å². The van der Waals surface area contributed by atoms with Gasteiger partial charge in [-0.1, -0.05) is 0 Å². The standard InChI is InChI=1S/C11H12FNO4S/c1-7(2)10(11(14)15)13-18(16,17)9-5-3-8(12)4-6-9/h3-6,13H,1-2H3,(H,14,15). The smallest absolute Gasteiger partial charge is 0.352 e. The van der Waals surface area contributed by atoms with Crippen molar-refractivity contribution in [3.05, 3.63) is 41.4 Å². The van der Waals surface area contributed by atoms with Gasteiger partial charge >= 0.3 is 5.97 Å². The van der Waals surface area contributed by atoms with Gasteiger partial charge in [-0.15, -0.1) is 0 Å². The van der Waals surface area contributed by atoms with Crippen molar-refractivity contribution in [2.24, 2.45) is 0 Å². The van der Waals surface area contributed by atoms with Gasteiger partial charge in [0, 0.05) is 0 Å². The Balaban J connectivity index is 3.13. The first-order valence-electron chi connectivity index (χ1n) is 4.93. The molecule has 0 amide bonds. The maximum atomic E-state index is 12.7. The third kappa shape index (κ3) is 3.30. The average molecular weight is 273 g/mol. The van der Waals surface area contributed by atoms with Gasteiger partial charge in [0.05, 0.1) is 4.90 Å². The van der Waals surface area contributed by atoms with Crippen molar-refractivity contribution >= 4 is 16.0 Å². The molecule has 0 bridgehead atoms. The first-order valence-corrected chi connectivity index (χ1v) is 6.41. The predicted octanol–water partition coefficient (Wildman–Crippen LogP) is 1.48. The lowest BCUT2D eigenvalue weighted by atomic mass is 10.3. The molecule has 0 heterocycles. The molecule has 18 heavy (non-hydrogen) atoms. The van der Waals surface area contributed by atoms with Crippen LogP contribution in [0.1, 0.15) is 13.8 Å². The molecular weight excluding hydrogens is 261 g/mol. The lowest BCUT2D eigenvalue weighted by molar-refractivity contribution is -0.132. The summed E-state index contributed by atoms with van der Waals surface area (Å²) in [6.45, 7) is 2.94. The van der Waals surface area contributed by atoms with Crippen LogP contribution in [0.2, 0.25) is 0 Å². The van der Waals surface area contributed by atoms with Crippen molar-refractivity contribution in [2.45, 2.75) is 18.7 Å². The van der Waals surface area contributed by atoms with Gasteiger partial charge in [0.1, 0.15) is 11.5 Å². The first kappa shape index (κ1) is 14.2. The summed E-state index contributed by atoms with van der Waals surface area (Å²) < 4.78 is 38.3. The fourth-order valence-corrected chi connectivity index (χ4v) is 2.34. The predicted molar refractivity (Wildman–Crippen MR) is 62.7 cm³/mol. The molecule has 0 aliphatic rings. The van der Waals surface area contributed by atoms with Crippen LogP contribution in [0, 0.1) is 5.82 Å². The highest BCUT2D eigenvalue weighted by molar-refractivity contribution is 7.89. The zero-order valence-corrected chi connectivity index (χ0v) is 10.6. The molecule has 0 unspecified atom stereocenters. The Kier molecular flexibility index (Phi) is 4.07. The van der Waals surface area contributed by atoms with Crippen LogP contribution in [0.4, 0.5) is 4.39 Å². The van der Waals surface area contributed by atoms with Gasteiger partial charge in [0.15, 0.2) is 0 Å². The summed E-state index contributed by atoms with van der Waals surface area (Å²) in [5.74, 6) is -1.95. The Hall–Kier alpha value is -1.89. The highest BCUT2D eigenvalue weighted by atomic mass is 32.2. The number of rotatable bonds is 4. The van der Waals surface area contributed by atoms with Crippen LogP contribution >= 0.6 is 0 Å². The van der Waals surface area contributed by atoms with Crippen molar-refractivity contribution in [3.63, 3.8) is 0 Å². The minimum absolute atomic E-state index is 0.205. The van der Waals surface area contributed by atoms with Crippen LogP contribution in [0.3, 0.4) is 0 Å². The van der Waals surface area contributed by atoms with Gasteiger partial charge in [-0.2, -0.15) is 0 Å². The minimum atomic E-state index is -4.02. The summed E-state index contributed by atoms with van der Waals surface area (Å²) >= 11 is 0. The lowest BCUT2D eigenvalue weighted by Gasteiger charge is -2.09. The van der Waals surface area contributed by atoms with Crippen LogP contribution in [0.5, 0.6) is 0 Å². The van der Waals surface area contributed by atoms with E-state index in [1.165, 1.54) is 13.8 Å². The van der Waals surface area contributed by atoms with Gasteiger partial charge in [0.25, 0.3) is 10.0 Å². The third-order valence-corrected chi connectivity index (χ3v) is 3.44. The molecule has 1 aromatic carbocycles. The SMILES string of the molecule is CC(C)=C(NS(=O)(=O)c1ccc(F)cc1)C(=O)O. The summed E-state index contributed by atoms with van der Waals surface area (Å²) in [6, 6.07) is 4.08. The van der Waals surface area contributed by atoms with E-state index < -0.39 is 27.5 Å². The summed E-state index contributed by atoms with van der Waals surface area (Å²) in [5, 5.41) is 8.85. The molecule has 0 saturated carbocycles. The van der Waals surface area contributed by atoms with E-state index in [0.29, 0.717) is 5.57 Å². The van der Waals surface area contributed by atoms with E-state index in [9.17, 15) is 17.6 Å². The van der Waals surface area contributed by atoms with Crippen LogP contribution in [0.25, 0.3) is 0 Å². The van der Waals surface area contributed by atoms with E-state index in [2.05, 4.69) is 0 Å². The van der Waals surface area contributed by atoms with E-state index in [1.807, 2.05) is 4.72 Å². The lowest BCUT2D eigenvalue weighted by Crippen LogP contribution is -2.28. The Morgan fingerprint density at radius 3 is 2.11 bits per heavy atom. The molecule has 98 valence electrons. The fourth-order valence-electron chi connectivity index (χ4n) is 1.17. The summed E-state index contributed by atoms with van der Waals surface area (Å²) in [4.78, 5) is 10.7. The Morgan fingerprint density at radius 1 is 1.22 bits per heavy atom. The molecule has 0 saturated heterocycles. The van der Waals surface area contributed by atoms with Gasteiger partial charge < -0.3 is 5.11 Å². The van der Waals surface area contributed by atoms with Crippen LogP contribution < -0.4 is 4.72 Å². The number of halogens is 1. The molecule has 0 aliphatic carbocycles. The molecular formula is C11H12FNO4S. The number of sulfonamides is 1. The molecule has 5 nitrogen and oxygen atoms in total. The summed E-state index contributed by atoms with van der Waals surface area (Å²) in [7, 11) is -4.02. The van der Waals surface area contributed by atoms with Gasteiger partial charge in [-0.25, -0.2) is 17.6 Å². The molecule has 0 atom stereocenters. The minimum Gasteiger partial charge on any atom is -0.477 e. The Bertz CT molecular complexity index is 586. The second-order valence-corrected chi connectivity index (χ2v) is 5.42. The first-order chi connectivity index (χ1) is 8.24. The molecule has 7 heteroatoms. The average Bonchev–Trinajstić information content (AvgIpc) is 2.26. The number of nitrogens with one attached hydrogen (secondary N) is 1. The highest BCUT2D eigenvalue weighted by Gasteiger charge is 2.20. The molecule has 0 aromatic heterocycles. The van der Waals surface area contributed by atoms with E-state index >= 15 is 0 Å². The number of carboxylic acid groups (broad SMARTS) is 1. The van der Waals surface area contributed by atoms with E-state index in [1.54, 1.807) is 0 Å². The van der Waals surface area contributed by atoms with Crippen molar-refractivity contribution in [2.75, 3.05) is 0 Å². The Labute approximate surface area is 104 Å². The second kappa shape index (κ2) is 5.18. The summed E-state index contributed by atoms with van der Waals surface area (Å²) in [5.41, 5.74) is -0.104. The number of carboxylic acids is 1. The molecule has 1 aromatic rings. The number of hydrogen-bond acceptors (Lipinski definition) is 3. The maximum Gasteiger partial charge on any atom is 0.352 e. The van der Waals surface area contributed by atoms with Crippen LogP contribution in [0.15, 0.2) is 40.4 Å². The Morgan fingerprint density at radius 2 is 1.72 bits per heavy atom. The van der Waals surface area contributed by atoms with Crippen molar-refractivity contribution in [3.8, 4) is 0 Å². The molecule has 2 N–H and O–H groups in total. The quantitative estimate of drug-likeness (QED) is 0.814. The third-order valence-electron chi connectivity index (χ3n) is 2.07. The fraction of sp³-hybridized carbons (Fsp3) is 0.182. The number of aliphatic carboxylic acids is 1. The molecule has 0 fully saturated rings.